The van der Waals surface area contributed by atoms with Crippen LogP contribution >= 0.6 is 15.9 Å². The minimum Gasteiger partial charge on any atom is -0.464 e. The lowest BCUT2D eigenvalue weighted by Gasteiger charge is -2.09. The molecule has 0 radical (unpaired) electrons. The van der Waals surface area contributed by atoms with Gasteiger partial charge in [0.2, 0.25) is 0 Å². The van der Waals surface area contributed by atoms with E-state index in [1.165, 1.54) is 7.11 Å². The van der Waals surface area contributed by atoms with E-state index >= 15 is 0 Å². The summed E-state index contributed by atoms with van der Waals surface area (Å²) < 4.78 is 7.43. The van der Waals surface area contributed by atoms with Crippen molar-refractivity contribution in [2.75, 3.05) is 7.11 Å². The van der Waals surface area contributed by atoms with E-state index in [9.17, 15) is 4.79 Å². The number of carbonyl (C=O) groups excluding carboxylic acids is 1. The number of fused-ring (bicyclic) bond motifs is 1. The predicted octanol–water partition coefficient (Wildman–Crippen LogP) is 3.17. The number of carbonyl (C=O) groups is 1. The van der Waals surface area contributed by atoms with E-state index in [-0.39, 0.29) is 12.0 Å². The molecule has 0 aliphatic heterocycles. The predicted molar refractivity (Wildman–Crippen MR) is 69.2 cm³/mol. The Morgan fingerprint density at radius 2 is 2.18 bits per heavy atom. The summed E-state index contributed by atoms with van der Waals surface area (Å²) in [6, 6.07) is 5.77. The van der Waals surface area contributed by atoms with Crippen LogP contribution in [0.2, 0.25) is 0 Å². The van der Waals surface area contributed by atoms with E-state index in [2.05, 4.69) is 21.0 Å². The highest BCUT2D eigenvalue weighted by atomic mass is 79.9. The Kier molecular flexibility index (Phi) is 3.19. The quantitative estimate of drug-likeness (QED) is 0.800. The third kappa shape index (κ3) is 2.07. The van der Waals surface area contributed by atoms with E-state index in [0.29, 0.717) is 5.69 Å². The average Bonchev–Trinajstić information content (AvgIpc) is 2.66. The van der Waals surface area contributed by atoms with Gasteiger partial charge in [-0.1, -0.05) is 15.9 Å². The monoisotopic (exact) mass is 296 g/mol. The van der Waals surface area contributed by atoms with Crippen molar-refractivity contribution in [2.24, 2.45) is 0 Å². The Hall–Kier alpha value is -1.36. The molecule has 1 aromatic heterocycles. The van der Waals surface area contributed by atoms with Crippen LogP contribution in [0.5, 0.6) is 0 Å². The summed E-state index contributed by atoms with van der Waals surface area (Å²) in [5.41, 5.74) is 1.29. The van der Waals surface area contributed by atoms with Crippen molar-refractivity contribution >= 4 is 32.8 Å². The summed E-state index contributed by atoms with van der Waals surface area (Å²) in [6.45, 7) is 3.96. The number of halogens is 1. The summed E-state index contributed by atoms with van der Waals surface area (Å²) in [4.78, 5) is 11.8. The van der Waals surface area contributed by atoms with Gasteiger partial charge < -0.3 is 4.74 Å². The highest BCUT2D eigenvalue weighted by Gasteiger charge is 2.20. The Balaban J connectivity index is 2.77. The number of benzene rings is 1. The van der Waals surface area contributed by atoms with E-state index in [1.807, 2.05) is 32.0 Å². The first-order valence-corrected chi connectivity index (χ1v) is 6.10. The van der Waals surface area contributed by atoms with Crippen molar-refractivity contribution in [3.05, 3.63) is 28.4 Å². The van der Waals surface area contributed by atoms with Gasteiger partial charge in [0.05, 0.1) is 12.6 Å². The first-order valence-electron chi connectivity index (χ1n) is 5.30. The molecule has 0 spiro atoms. The van der Waals surface area contributed by atoms with Gasteiger partial charge in [0.15, 0.2) is 5.69 Å². The van der Waals surface area contributed by atoms with Crippen LogP contribution in [-0.4, -0.2) is 22.9 Å². The van der Waals surface area contributed by atoms with Crippen LogP contribution in [0.25, 0.3) is 10.9 Å². The number of methoxy groups -OCH3 is 1. The molecule has 2 aromatic rings. The topological polar surface area (TPSA) is 44.1 Å². The van der Waals surface area contributed by atoms with E-state index in [0.717, 1.165) is 15.4 Å². The molecule has 0 aliphatic carbocycles. The van der Waals surface area contributed by atoms with Crippen LogP contribution in [0.1, 0.15) is 30.4 Å². The van der Waals surface area contributed by atoms with E-state index in [1.54, 1.807) is 4.68 Å². The third-order valence-electron chi connectivity index (χ3n) is 2.53. The normalized spacial score (nSPS) is 11.1. The van der Waals surface area contributed by atoms with Crippen LogP contribution in [0.3, 0.4) is 0 Å². The number of nitrogens with zero attached hydrogens (tertiary/aromatic N) is 2. The fourth-order valence-electron chi connectivity index (χ4n) is 1.75. The molecule has 0 unspecified atom stereocenters. The number of aromatic nitrogens is 2. The molecule has 0 N–H and O–H groups in total. The van der Waals surface area contributed by atoms with Gasteiger partial charge in [0.1, 0.15) is 0 Å². The van der Waals surface area contributed by atoms with E-state index < -0.39 is 0 Å². The SMILES string of the molecule is COC(=O)c1c2cc(Br)ccc2nn1C(C)C. The molecule has 0 aliphatic rings. The van der Waals surface area contributed by atoms with Crippen molar-refractivity contribution in [3.8, 4) is 0 Å². The van der Waals surface area contributed by atoms with Crippen LogP contribution in [0.4, 0.5) is 0 Å². The Labute approximate surface area is 108 Å². The molecule has 0 atom stereocenters. The van der Waals surface area contributed by atoms with Gasteiger partial charge in [-0.05, 0) is 32.0 Å². The van der Waals surface area contributed by atoms with Crippen LogP contribution < -0.4 is 0 Å². The van der Waals surface area contributed by atoms with Gasteiger partial charge in [-0.2, -0.15) is 5.10 Å². The molecule has 0 amide bonds. The first kappa shape index (κ1) is 12.1. The number of rotatable bonds is 2. The highest BCUT2D eigenvalue weighted by Crippen LogP contribution is 2.25. The van der Waals surface area contributed by atoms with Gasteiger partial charge in [-0.3, -0.25) is 4.68 Å². The molecular formula is C12H13BrN2O2. The molecule has 4 nitrogen and oxygen atoms in total. The van der Waals surface area contributed by atoms with Crippen LogP contribution in [-0.2, 0) is 4.74 Å². The molecule has 0 fully saturated rings. The summed E-state index contributed by atoms with van der Waals surface area (Å²) >= 11 is 3.39. The Morgan fingerprint density at radius 1 is 1.47 bits per heavy atom. The maximum atomic E-state index is 11.8. The fourth-order valence-corrected chi connectivity index (χ4v) is 2.11. The Morgan fingerprint density at radius 3 is 2.76 bits per heavy atom. The summed E-state index contributed by atoms with van der Waals surface area (Å²) in [5, 5.41) is 5.22. The maximum Gasteiger partial charge on any atom is 0.356 e. The molecule has 0 saturated heterocycles. The molecular weight excluding hydrogens is 284 g/mol. The smallest absolute Gasteiger partial charge is 0.356 e. The number of hydrogen-bond donors (Lipinski definition) is 0. The van der Waals surface area contributed by atoms with E-state index in [4.69, 9.17) is 4.74 Å². The van der Waals surface area contributed by atoms with Crippen molar-refractivity contribution in [2.45, 2.75) is 19.9 Å². The van der Waals surface area contributed by atoms with Crippen molar-refractivity contribution in [1.29, 1.82) is 0 Å². The lowest BCUT2D eigenvalue weighted by atomic mass is 10.2. The average molecular weight is 297 g/mol. The largest absolute Gasteiger partial charge is 0.464 e. The van der Waals surface area contributed by atoms with Crippen molar-refractivity contribution in [3.63, 3.8) is 0 Å². The molecule has 2 rings (SSSR count). The summed E-state index contributed by atoms with van der Waals surface area (Å²) in [6.07, 6.45) is 0. The lowest BCUT2D eigenvalue weighted by molar-refractivity contribution is 0.0587. The van der Waals surface area contributed by atoms with Crippen molar-refractivity contribution in [1.82, 2.24) is 9.78 Å². The number of ether oxygens (including phenoxy) is 1. The molecule has 0 bridgehead atoms. The number of esters is 1. The van der Waals surface area contributed by atoms with Crippen LogP contribution in [0, 0.1) is 0 Å². The van der Waals surface area contributed by atoms with Gasteiger partial charge in [-0.25, -0.2) is 4.79 Å². The van der Waals surface area contributed by atoms with Gasteiger partial charge in [0.25, 0.3) is 0 Å². The second-order valence-electron chi connectivity index (χ2n) is 4.04. The zero-order chi connectivity index (χ0) is 12.6. The molecule has 0 saturated carbocycles. The molecule has 1 aromatic carbocycles. The first-order chi connectivity index (χ1) is 8.04. The molecule has 1 heterocycles. The Bertz CT molecular complexity index is 575. The van der Waals surface area contributed by atoms with Gasteiger partial charge in [0, 0.05) is 15.9 Å². The molecule has 90 valence electrons. The standard InChI is InChI=1S/C12H13BrN2O2/c1-7(2)15-11(12(16)17-3)9-6-8(13)4-5-10(9)14-15/h4-7H,1-3H3. The molecule has 5 heteroatoms. The van der Waals surface area contributed by atoms with Gasteiger partial charge in [-0.15, -0.1) is 0 Å². The number of hydrogen-bond acceptors (Lipinski definition) is 3. The zero-order valence-corrected chi connectivity index (χ0v) is 11.5. The fraction of sp³-hybridized carbons (Fsp3) is 0.333. The summed E-state index contributed by atoms with van der Waals surface area (Å²) in [7, 11) is 1.38. The maximum absolute atomic E-state index is 11.8. The third-order valence-corrected chi connectivity index (χ3v) is 3.02. The van der Waals surface area contributed by atoms with Crippen LogP contribution in [0.15, 0.2) is 22.7 Å². The highest BCUT2D eigenvalue weighted by molar-refractivity contribution is 9.10. The second-order valence-corrected chi connectivity index (χ2v) is 4.96. The van der Waals surface area contributed by atoms with Crippen molar-refractivity contribution < 1.29 is 9.53 Å². The minimum absolute atomic E-state index is 0.107. The lowest BCUT2D eigenvalue weighted by Crippen LogP contribution is -2.13. The second kappa shape index (κ2) is 4.49. The molecule has 17 heavy (non-hydrogen) atoms. The van der Waals surface area contributed by atoms with Gasteiger partial charge >= 0.3 is 5.97 Å². The minimum atomic E-state index is -0.362. The summed E-state index contributed by atoms with van der Waals surface area (Å²) in [5.74, 6) is -0.362. The zero-order valence-electron chi connectivity index (χ0n) is 9.90.